The minimum absolute atomic E-state index is 0.00664. The van der Waals surface area contributed by atoms with E-state index in [9.17, 15) is 45.0 Å². The molecule has 1 fully saturated rings. The largest absolute Gasteiger partial charge is 0.508 e. The van der Waals surface area contributed by atoms with E-state index in [1.54, 1.807) is 0 Å². The molecule has 1 saturated carbocycles. The van der Waals surface area contributed by atoms with E-state index in [1.807, 2.05) is 0 Å². The lowest BCUT2D eigenvalue weighted by molar-refractivity contribution is -0.181. The van der Waals surface area contributed by atoms with Crippen LogP contribution in [-0.2, 0) is 20.0 Å². The smallest absolute Gasteiger partial charge is 0.255 e. The molecule has 0 aromatic heterocycles. The highest BCUT2D eigenvalue weighted by Gasteiger charge is 2.70. The van der Waals surface area contributed by atoms with Gasteiger partial charge in [0.1, 0.15) is 22.8 Å². The van der Waals surface area contributed by atoms with Gasteiger partial charge in [-0.3, -0.25) is 19.3 Å². The Bertz CT molecular complexity index is 1180. The van der Waals surface area contributed by atoms with Crippen molar-refractivity contribution in [2.75, 3.05) is 14.1 Å². The summed E-state index contributed by atoms with van der Waals surface area (Å²) in [6.07, 6.45) is -1.87. The zero-order chi connectivity index (χ0) is 24.8. The fourth-order valence-corrected chi connectivity index (χ4v) is 5.60. The number of amides is 1. The molecule has 0 heterocycles. The highest BCUT2D eigenvalue weighted by molar-refractivity contribution is 6.24. The molecule has 1 aromatic rings. The van der Waals surface area contributed by atoms with Crippen LogP contribution in [0.3, 0.4) is 0 Å². The lowest BCUT2D eigenvalue weighted by atomic mass is 9.53. The van der Waals surface area contributed by atoms with E-state index in [1.165, 1.54) is 44.1 Å². The standard InChI is InChI=1S/C22H24N2O9/c1-21(32)7-5-4-6-8(25)9(7)15(26)10-12(21)17(28)13-14(24(2)3)16(27)11(20(23)31)19(30)22(13,33)18(10)29/h4-6,12-14,17,25-26,28,30,32-33H,1-3H3,(H2,23,31)/t12-,13-,14-,17+,21+,22+/m1/s1. The second-order valence-corrected chi connectivity index (χ2v) is 9.06. The van der Waals surface area contributed by atoms with Crippen LogP contribution in [0.4, 0.5) is 0 Å². The Morgan fingerprint density at radius 2 is 1.73 bits per heavy atom. The number of aromatic hydroxyl groups is 1. The Labute approximate surface area is 187 Å². The molecule has 0 unspecified atom stereocenters. The van der Waals surface area contributed by atoms with Gasteiger partial charge < -0.3 is 36.4 Å². The molecule has 0 radical (unpaired) electrons. The molecular formula is C22H24N2O9. The lowest BCUT2D eigenvalue weighted by Gasteiger charge is -2.55. The van der Waals surface area contributed by atoms with Crippen molar-refractivity contribution in [1.82, 2.24) is 4.90 Å². The van der Waals surface area contributed by atoms with Crippen molar-refractivity contribution in [3.8, 4) is 5.75 Å². The molecule has 0 saturated heterocycles. The average molecular weight is 460 g/mol. The number of phenolic OH excluding ortho intramolecular Hbond substituents is 1. The van der Waals surface area contributed by atoms with E-state index in [2.05, 4.69) is 0 Å². The Morgan fingerprint density at radius 3 is 2.27 bits per heavy atom. The number of Topliss-reactive ketones (excluding diaryl/α,β-unsaturated/α-hetero) is 2. The first kappa shape index (κ1) is 22.9. The Kier molecular flexibility index (Phi) is 4.78. The summed E-state index contributed by atoms with van der Waals surface area (Å²) in [6.45, 7) is 1.25. The molecule has 0 spiro atoms. The summed E-state index contributed by atoms with van der Waals surface area (Å²) in [5.41, 5.74) is -1.78. The van der Waals surface area contributed by atoms with Gasteiger partial charge in [0.2, 0.25) is 5.78 Å². The number of nitrogens with zero attached hydrogens (tertiary/aromatic N) is 1. The topological polar surface area (TPSA) is 202 Å². The number of aliphatic hydroxyl groups excluding tert-OH is 3. The maximum atomic E-state index is 13.7. The summed E-state index contributed by atoms with van der Waals surface area (Å²) in [5, 5.41) is 66.3. The number of rotatable bonds is 2. The molecular weight excluding hydrogens is 436 g/mol. The van der Waals surface area contributed by atoms with Crippen molar-refractivity contribution in [3.63, 3.8) is 0 Å². The molecule has 0 aliphatic heterocycles. The molecule has 4 rings (SSSR count). The monoisotopic (exact) mass is 460 g/mol. The number of aliphatic hydroxyl groups is 5. The van der Waals surface area contributed by atoms with Crippen LogP contribution in [0.1, 0.15) is 18.1 Å². The number of carbonyl (C=O) groups is 3. The van der Waals surface area contributed by atoms with Crippen LogP contribution in [0.5, 0.6) is 5.75 Å². The quantitative estimate of drug-likeness (QED) is 0.257. The van der Waals surface area contributed by atoms with Crippen LogP contribution >= 0.6 is 0 Å². The van der Waals surface area contributed by atoms with Crippen LogP contribution in [0.15, 0.2) is 35.1 Å². The Morgan fingerprint density at radius 1 is 1.12 bits per heavy atom. The van der Waals surface area contributed by atoms with Crippen molar-refractivity contribution in [3.05, 3.63) is 46.2 Å². The zero-order valence-corrected chi connectivity index (χ0v) is 18.0. The Hall–Kier alpha value is -3.25. The molecule has 3 aliphatic carbocycles. The SMILES string of the molecule is CN(C)[C@H]1C(=O)C(C(N)=O)=C(O)[C@@]2(O)C(=O)C3=C(O)c4c(O)cccc4[C@](C)(O)[C@H]3[C@H](O)[C@@H]12. The molecule has 11 nitrogen and oxygen atoms in total. The summed E-state index contributed by atoms with van der Waals surface area (Å²) in [7, 11) is 2.80. The summed E-state index contributed by atoms with van der Waals surface area (Å²) in [5.74, 6) is -9.67. The van der Waals surface area contributed by atoms with Gasteiger partial charge in [0.05, 0.1) is 40.7 Å². The van der Waals surface area contributed by atoms with Crippen LogP contribution in [-0.4, -0.2) is 84.9 Å². The van der Waals surface area contributed by atoms with Crippen molar-refractivity contribution in [1.29, 1.82) is 0 Å². The van der Waals surface area contributed by atoms with E-state index < -0.39 is 81.1 Å². The molecule has 1 aromatic carbocycles. The van der Waals surface area contributed by atoms with Gasteiger partial charge in [-0.2, -0.15) is 0 Å². The summed E-state index contributed by atoms with van der Waals surface area (Å²) in [4.78, 5) is 39.9. The highest BCUT2D eigenvalue weighted by atomic mass is 16.4. The van der Waals surface area contributed by atoms with Gasteiger partial charge in [-0.25, -0.2) is 0 Å². The predicted octanol–water partition coefficient (Wildman–Crippen LogP) is -1.40. The van der Waals surface area contributed by atoms with E-state index in [-0.39, 0.29) is 11.1 Å². The van der Waals surface area contributed by atoms with Crippen LogP contribution < -0.4 is 5.73 Å². The Balaban J connectivity index is 2.11. The minimum Gasteiger partial charge on any atom is -0.508 e. The number of carbonyl (C=O) groups excluding carboxylic acids is 3. The van der Waals surface area contributed by atoms with Crippen LogP contribution in [0.2, 0.25) is 0 Å². The maximum absolute atomic E-state index is 13.7. The molecule has 3 aliphatic rings. The van der Waals surface area contributed by atoms with Crippen molar-refractivity contribution < 1.29 is 45.0 Å². The number of primary amides is 1. The van der Waals surface area contributed by atoms with Crippen LogP contribution in [0.25, 0.3) is 5.76 Å². The van der Waals surface area contributed by atoms with Crippen LogP contribution in [0, 0.1) is 11.8 Å². The fourth-order valence-electron chi connectivity index (χ4n) is 5.60. The number of benzene rings is 1. The first-order chi connectivity index (χ1) is 15.2. The van der Waals surface area contributed by atoms with Gasteiger partial charge in [0.25, 0.3) is 5.91 Å². The number of hydrogen-bond donors (Lipinski definition) is 7. The second-order valence-electron chi connectivity index (χ2n) is 9.06. The molecule has 11 heteroatoms. The van der Waals surface area contributed by atoms with Crippen molar-refractivity contribution in [2.24, 2.45) is 17.6 Å². The number of phenols is 1. The van der Waals surface area contributed by atoms with Gasteiger partial charge in [-0.05, 0) is 32.6 Å². The molecule has 0 bridgehead atoms. The molecule has 6 atom stereocenters. The number of fused-ring (bicyclic) bond motifs is 3. The fraction of sp³-hybridized carbons (Fsp3) is 0.409. The number of ketones is 2. The summed E-state index contributed by atoms with van der Waals surface area (Å²) < 4.78 is 0. The zero-order valence-electron chi connectivity index (χ0n) is 18.0. The van der Waals surface area contributed by atoms with Gasteiger partial charge in [-0.1, -0.05) is 12.1 Å². The molecule has 8 N–H and O–H groups in total. The number of hydrogen-bond acceptors (Lipinski definition) is 10. The van der Waals surface area contributed by atoms with E-state index in [4.69, 9.17) is 5.73 Å². The van der Waals surface area contributed by atoms with E-state index in [0.29, 0.717) is 0 Å². The second kappa shape index (κ2) is 6.87. The molecule has 1 amide bonds. The predicted molar refractivity (Wildman–Crippen MR) is 112 cm³/mol. The van der Waals surface area contributed by atoms with Crippen molar-refractivity contribution >= 4 is 23.2 Å². The number of likely N-dealkylation sites (N-methyl/N-ethyl adjacent to an activating group) is 1. The third-order valence-electron chi connectivity index (χ3n) is 7.03. The lowest BCUT2D eigenvalue weighted by Crippen LogP contribution is -2.71. The molecule has 33 heavy (non-hydrogen) atoms. The van der Waals surface area contributed by atoms with Gasteiger partial charge in [-0.15, -0.1) is 0 Å². The van der Waals surface area contributed by atoms with Crippen molar-refractivity contribution in [2.45, 2.75) is 30.3 Å². The maximum Gasteiger partial charge on any atom is 0.255 e. The third-order valence-corrected chi connectivity index (χ3v) is 7.03. The summed E-state index contributed by atoms with van der Waals surface area (Å²) >= 11 is 0. The summed E-state index contributed by atoms with van der Waals surface area (Å²) in [6, 6.07) is 2.50. The highest BCUT2D eigenvalue weighted by Crippen LogP contribution is 2.57. The van der Waals surface area contributed by atoms with E-state index in [0.717, 1.165) is 0 Å². The number of nitrogens with two attached hydrogens (primary N) is 1. The van der Waals surface area contributed by atoms with Gasteiger partial charge in [0, 0.05) is 0 Å². The average Bonchev–Trinajstić information content (AvgIpc) is 2.70. The molecule has 176 valence electrons. The third kappa shape index (κ3) is 2.61. The van der Waals surface area contributed by atoms with Gasteiger partial charge in [0.15, 0.2) is 11.4 Å². The minimum atomic E-state index is -3.02. The first-order valence-electron chi connectivity index (χ1n) is 10.1. The van der Waals surface area contributed by atoms with E-state index >= 15 is 0 Å². The van der Waals surface area contributed by atoms with Gasteiger partial charge >= 0.3 is 0 Å². The normalized spacial score (nSPS) is 36.0. The first-order valence-corrected chi connectivity index (χ1v) is 10.1.